The monoisotopic (exact) mass is 291 g/mol. The Hall–Kier alpha value is -1.92. The molecular weight excluding hydrogens is 270 g/mol. The lowest BCUT2D eigenvalue weighted by molar-refractivity contribution is -0.117. The summed E-state index contributed by atoms with van der Waals surface area (Å²) in [4.78, 5) is 24.2. The fourth-order valence-electron chi connectivity index (χ4n) is 2.28. The molecule has 0 aliphatic carbocycles. The lowest BCUT2D eigenvalue weighted by Gasteiger charge is -2.14. The number of hydrogen-bond acceptors (Lipinski definition) is 4. The summed E-state index contributed by atoms with van der Waals surface area (Å²) < 4.78 is 4.90. The molecule has 0 aromatic heterocycles. The Kier molecular flexibility index (Phi) is 5.71. The number of anilines is 1. The predicted molar refractivity (Wildman–Crippen MR) is 80.3 cm³/mol. The molecule has 0 radical (unpaired) electrons. The molecule has 1 aromatic rings. The molecule has 6 heteroatoms. The molecule has 2 rings (SSSR count). The first-order valence-corrected chi connectivity index (χ1v) is 7.13. The molecule has 1 aliphatic rings. The van der Waals surface area contributed by atoms with Crippen molar-refractivity contribution in [1.82, 2.24) is 10.6 Å². The van der Waals surface area contributed by atoms with E-state index in [1.54, 1.807) is 31.4 Å². The van der Waals surface area contributed by atoms with Crippen molar-refractivity contribution in [3.63, 3.8) is 0 Å². The third-order valence-electron chi connectivity index (χ3n) is 3.40. The molecule has 3 N–H and O–H groups in total. The minimum atomic E-state index is -0.220. The Balaban J connectivity index is 2.02. The lowest BCUT2D eigenvalue weighted by Crippen LogP contribution is -2.36. The van der Waals surface area contributed by atoms with Gasteiger partial charge in [0.25, 0.3) is 5.91 Å². The van der Waals surface area contributed by atoms with Crippen LogP contribution in [0.5, 0.6) is 0 Å². The van der Waals surface area contributed by atoms with Gasteiger partial charge in [-0.3, -0.25) is 9.59 Å². The van der Waals surface area contributed by atoms with Crippen molar-refractivity contribution in [3.05, 3.63) is 29.8 Å². The average molecular weight is 291 g/mol. The summed E-state index contributed by atoms with van der Waals surface area (Å²) >= 11 is 0. The number of para-hydroxylation sites is 1. The Morgan fingerprint density at radius 1 is 1.38 bits per heavy atom. The van der Waals surface area contributed by atoms with E-state index in [0.717, 1.165) is 19.4 Å². The van der Waals surface area contributed by atoms with E-state index in [2.05, 4.69) is 16.0 Å². The minimum Gasteiger partial charge on any atom is -0.383 e. The third kappa shape index (κ3) is 4.27. The maximum Gasteiger partial charge on any atom is 0.253 e. The van der Waals surface area contributed by atoms with Gasteiger partial charge < -0.3 is 20.7 Å². The zero-order chi connectivity index (χ0) is 15.1. The molecule has 1 heterocycles. The second-order valence-corrected chi connectivity index (χ2v) is 4.93. The molecule has 114 valence electrons. The van der Waals surface area contributed by atoms with Crippen molar-refractivity contribution in [2.75, 3.05) is 32.1 Å². The summed E-state index contributed by atoms with van der Waals surface area (Å²) in [7, 11) is 1.58. The van der Waals surface area contributed by atoms with Crippen molar-refractivity contribution in [1.29, 1.82) is 0 Å². The minimum absolute atomic E-state index is 0.0929. The summed E-state index contributed by atoms with van der Waals surface area (Å²) in [6.45, 7) is 1.74. The van der Waals surface area contributed by atoms with Gasteiger partial charge in [-0.05, 0) is 31.5 Å². The highest BCUT2D eigenvalue weighted by Gasteiger charge is 2.23. The highest BCUT2D eigenvalue weighted by molar-refractivity contribution is 6.04. The Bertz CT molecular complexity index is 499. The lowest BCUT2D eigenvalue weighted by atomic mass is 10.1. The fourth-order valence-corrected chi connectivity index (χ4v) is 2.28. The van der Waals surface area contributed by atoms with Gasteiger partial charge in [0.2, 0.25) is 5.91 Å². The molecule has 1 aromatic carbocycles. The van der Waals surface area contributed by atoms with Crippen LogP contribution in [0.4, 0.5) is 5.69 Å². The highest BCUT2D eigenvalue weighted by Crippen LogP contribution is 2.16. The molecule has 1 aliphatic heterocycles. The van der Waals surface area contributed by atoms with E-state index in [-0.39, 0.29) is 17.9 Å². The molecule has 0 spiro atoms. The predicted octanol–water partition coefficient (Wildman–Crippen LogP) is 0.753. The molecule has 0 unspecified atom stereocenters. The molecule has 1 saturated heterocycles. The van der Waals surface area contributed by atoms with E-state index < -0.39 is 0 Å². The summed E-state index contributed by atoms with van der Waals surface area (Å²) in [5, 5.41) is 8.72. The van der Waals surface area contributed by atoms with Crippen LogP contribution in [0.25, 0.3) is 0 Å². The van der Waals surface area contributed by atoms with Gasteiger partial charge in [0.05, 0.1) is 23.9 Å². The van der Waals surface area contributed by atoms with Crippen LogP contribution < -0.4 is 16.0 Å². The van der Waals surface area contributed by atoms with E-state index in [1.807, 2.05) is 0 Å². The fraction of sp³-hybridized carbons (Fsp3) is 0.467. The van der Waals surface area contributed by atoms with Crippen LogP contribution in [0.2, 0.25) is 0 Å². The summed E-state index contributed by atoms with van der Waals surface area (Å²) in [5.41, 5.74) is 0.992. The van der Waals surface area contributed by atoms with Crippen LogP contribution in [0.3, 0.4) is 0 Å². The number of nitrogens with one attached hydrogen (secondary N) is 3. The van der Waals surface area contributed by atoms with Crippen molar-refractivity contribution in [3.8, 4) is 0 Å². The number of carbonyl (C=O) groups excluding carboxylic acids is 2. The van der Waals surface area contributed by atoms with Crippen molar-refractivity contribution in [2.45, 2.75) is 18.9 Å². The van der Waals surface area contributed by atoms with Gasteiger partial charge in [0.1, 0.15) is 0 Å². The molecule has 1 fully saturated rings. The normalized spacial score (nSPS) is 17.5. The number of amides is 2. The number of rotatable bonds is 6. The summed E-state index contributed by atoms with van der Waals surface area (Å²) in [6, 6.07) is 6.82. The first-order chi connectivity index (χ1) is 10.2. The molecular formula is C15H21N3O3. The first-order valence-electron chi connectivity index (χ1n) is 7.13. The molecule has 6 nitrogen and oxygen atoms in total. The zero-order valence-corrected chi connectivity index (χ0v) is 12.1. The summed E-state index contributed by atoms with van der Waals surface area (Å²) in [6.07, 6.45) is 1.82. The van der Waals surface area contributed by atoms with Crippen LogP contribution in [-0.2, 0) is 9.53 Å². The molecule has 1 atom stereocenters. The van der Waals surface area contributed by atoms with Crippen LogP contribution in [0.1, 0.15) is 23.2 Å². The van der Waals surface area contributed by atoms with Gasteiger partial charge >= 0.3 is 0 Å². The maximum atomic E-state index is 12.1. The Labute approximate surface area is 124 Å². The second-order valence-electron chi connectivity index (χ2n) is 4.93. The first kappa shape index (κ1) is 15.5. The van der Waals surface area contributed by atoms with E-state index in [9.17, 15) is 9.59 Å². The van der Waals surface area contributed by atoms with Gasteiger partial charge in [0, 0.05) is 13.7 Å². The molecule has 0 saturated carbocycles. The van der Waals surface area contributed by atoms with E-state index in [4.69, 9.17) is 4.74 Å². The van der Waals surface area contributed by atoms with Crippen LogP contribution in [-0.4, -0.2) is 44.7 Å². The van der Waals surface area contributed by atoms with Gasteiger partial charge in [-0.15, -0.1) is 0 Å². The highest BCUT2D eigenvalue weighted by atomic mass is 16.5. The SMILES string of the molecule is COCCNC(=O)c1ccccc1NC(=O)[C@H]1CCCN1. The van der Waals surface area contributed by atoms with Crippen molar-refractivity contribution in [2.24, 2.45) is 0 Å². The molecule has 0 bridgehead atoms. The average Bonchev–Trinajstić information content (AvgIpc) is 3.02. The van der Waals surface area contributed by atoms with E-state index in [0.29, 0.717) is 24.4 Å². The zero-order valence-electron chi connectivity index (χ0n) is 12.1. The smallest absolute Gasteiger partial charge is 0.253 e. The van der Waals surface area contributed by atoms with Crippen molar-refractivity contribution >= 4 is 17.5 Å². The van der Waals surface area contributed by atoms with Crippen LogP contribution in [0.15, 0.2) is 24.3 Å². The quantitative estimate of drug-likeness (QED) is 0.676. The molecule has 2 amide bonds. The second kappa shape index (κ2) is 7.75. The van der Waals surface area contributed by atoms with E-state index in [1.165, 1.54) is 0 Å². The number of methoxy groups -OCH3 is 1. The molecule has 21 heavy (non-hydrogen) atoms. The standard InChI is InChI=1S/C15H21N3O3/c1-21-10-9-17-14(19)11-5-2-3-6-12(11)18-15(20)13-7-4-8-16-13/h2-3,5-6,13,16H,4,7-10H2,1H3,(H,17,19)(H,18,20)/t13-/m1/s1. The van der Waals surface area contributed by atoms with Gasteiger partial charge in [-0.1, -0.05) is 12.1 Å². The Morgan fingerprint density at radius 2 is 2.19 bits per heavy atom. The number of carbonyl (C=O) groups is 2. The number of hydrogen-bond donors (Lipinski definition) is 3. The van der Waals surface area contributed by atoms with Gasteiger partial charge in [0.15, 0.2) is 0 Å². The largest absolute Gasteiger partial charge is 0.383 e. The van der Waals surface area contributed by atoms with Gasteiger partial charge in [-0.25, -0.2) is 0 Å². The maximum absolute atomic E-state index is 12.1. The Morgan fingerprint density at radius 3 is 2.90 bits per heavy atom. The van der Waals surface area contributed by atoms with Crippen molar-refractivity contribution < 1.29 is 14.3 Å². The number of ether oxygens (including phenoxy) is 1. The van der Waals surface area contributed by atoms with E-state index >= 15 is 0 Å². The topological polar surface area (TPSA) is 79.5 Å². The third-order valence-corrected chi connectivity index (χ3v) is 3.40. The van der Waals surface area contributed by atoms with Crippen LogP contribution >= 0.6 is 0 Å². The summed E-state index contributed by atoms with van der Waals surface area (Å²) in [5.74, 6) is -0.313. The van der Waals surface area contributed by atoms with Gasteiger partial charge in [-0.2, -0.15) is 0 Å². The van der Waals surface area contributed by atoms with Crippen LogP contribution in [0, 0.1) is 0 Å². The number of benzene rings is 1.